The molecule has 0 unspecified atom stereocenters. The monoisotopic (exact) mass is 497 g/mol. The zero-order valence-corrected chi connectivity index (χ0v) is 21.5. The first-order valence-electron chi connectivity index (χ1n) is 11.5. The van der Waals surface area contributed by atoms with E-state index in [9.17, 15) is 18.0 Å². The van der Waals surface area contributed by atoms with Crippen LogP contribution in [0.15, 0.2) is 52.2 Å². The van der Waals surface area contributed by atoms with E-state index in [-0.39, 0.29) is 11.3 Å². The number of benzene rings is 2. The minimum atomic E-state index is -3.25. The minimum Gasteiger partial charge on any atom is -0.496 e. The second-order valence-corrected chi connectivity index (χ2v) is 11.9. The van der Waals surface area contributed by atoms with Crippen molar-refractivity contribution in [3.8, 4) is 22.6 Å². The highest BCUT2D eigenvalue weighted by Gasteiger charge is 2.27. The molecule has 9 heteroatoms. The molecule has 0 amide bonds. The molecule has 0 radical (unpaired) electrons. The van der Waals surface area contributed by atoms with Gasteiger partial charge in [-0.2, -0.15) is 0 Å². The lowest BCUT2D eigenvalue weighted by atomic mass is 9.83. The van der Waals surface area contributed by atoms with E-state index in [0.29, 0.717) is 12.2 Å². The van der Waals surface area contributed by atoms with Crippen molar-refractivity contribution in [2.75, 3.05) is 19.9 Å². The fourth-order valence-corrected chi connectivity index (χ4v) is 5.21. The van der Waals surface area contributed by atoms with Gasteiger partial charge in [-0.25, -0.2) is 17.9 Å². The van der Waals surface area contributed by atoms with Crippen LogP contribution in [0.3, 0.4) is 0 Å². The number of fused-ring (bicyclic) bond motifs is 1. The van der Waals surface area contributed by atoms with Gasteiger partial charge in [-0.15, -0.1) is 0 Å². The normalized spacial score (nSPS) is 15.7. The first-order valence-corrected chi connectivity index (χ1v) is 13.4. The number of aromatic amines is 1. The number of ether oxygens (including phenoxy) is 1. The molecule has 4 rings (SSSR count). The molecule has 186 valence electrons. The van der Waals surface area contributed by atoms with E-state index in [1.807, 2.05) is 18.2 Å². The fourth-order valence-electron chi connectivity index (χ4n) is 4.70. The van der Waals surface area contributed by atoms with Crippen LogP contribution in [0.1, 0.15) is 49.8 Å². The van der Waals surface area contributed by atoms with Crippen molar-refractivity contribution in [1.29, 1.82) is 0 Å². The highest BCUT2D eigenvalue weighted by molar-refractivity contribution is 7.88. The number of aryl methyl sites for hydroxylation is 1. The third kappa shape index (κ3) is 5.26. The van der Waals surface area contributed by atoms with Crippen LogP contribution in [-0.2, 0) is 21.9 Å². The molecule has 1 aliphatic carbocycles. The number of aromatic nitrogens is 2. The van der Waals surface area contributed by atoms with Crippen LogP contribution in [0, 0.1) is 0 Å². The van der Waals surface area contributed by atoms with Crippen molar-refractivity contribution in [2.24, 2.45) is 0 Å². The lowest BCUT2D eigenvalue weighted by Gasteiger charge is -2.26. The molecule has 35 heavy (non-hydrogen) atoms. The Bertz CT molecular complexity index is 1500. The Morgan fingerprint density at radius 1 is 1.14 bits per heavy atom. The van der Waals surface area contributed by atoms with Crippen molar-refractivity contribution >= 4 is 10.0 Å². The van der Waals surface area contributed by atoms with Crippen LogP contribution in [-0.4, -0.2) is 37.9 Å². The molecule has 1 aromatic heterocycles. The van der Waals surface area contributed by atoms with E-state index >= 15 is 0 Å². The van der Waals surface area contributed by atoms with Gasteiger partial charge in [-0.05, 0) is 53.0 Å². The van der Waals surface area contributed by atoms with Crippen LogP contribution in [0.2, 0.25) is 0 Å². The molecule has 1 atom stereocenters. The second kappa shape index (κ2) is 9.13. The Morgan fingerprint density at radius 3 is 2.51 bits per heavy atom. The number of nitrogens with zero attached hydrogens (tertiary/aromatic N) is 1. The molecule has 2 aromatic carbocycles. The molecule has 0 fully saturated rings. The SMILES string of the molecule is COc1c(-c2ccc3c(c2)CC[C@H]3CNS(C)(=O)=O)cc(-n2ccc(=O)[nH]c2=O)cc1C(C)(C)C. The summed E-state index contributed by atoms with van der Waals surface area (Å²) >= 11 is 0. The van der Waals surface area contributed by atoms with E-state index in [1.54, 1.807) is 7.11 Å². The maximum atomic E-state index is 12.6. The predicted octanol–water partition coefficient (Wildman–Crippen LogP) is 3.08. The number of hydrogen-bond acceptors (Lipinski definition) is 5. The van der Waals surface area contributed by atoms with Gasteiger partial charge in [0.1, 0.15) is 5.75 Å². The fraction of sp³-hybridized carbons (Fsp3) is 0.385. The van der Waals surface area contributed by atoms with Crippen molar-refractivity contribution in [3.05, 3.63) is 80.1 Å². The smallest absolute Gasteiger partial charge is 0.332 e. The summed E-state index contributed by atoms with van der Waals surface area (Å²) in [6, 6.07) is 11.3. The Morgan fingerprint density at radius 2 is 1.89 bits per heavy atom. The van der Waals surface area contributed by atoms with Gasteiger partial charge in [-0.1, -0.05) is 39.0 Å². The van der Waals surface area contributed by atoms with E-state index in [1.165, 1.54) is 28.6 Å². The van der Waals surface area contributed by atoms with E-state index < -0.39 is 21.3 Å². The molecule has 0 aliphatic heterocycles. The summed E-state index contributed by atoms with van der Waals surface area (Å²) in [6.45, 7) is 6.62. The number of nitrogens with one attached hydrogen (secondary N) is 2. The van der Waals surface area contributed by atoms with Gasteiger partial charge in [0, 0.05) is 29.9 Å². The van der Waals surface area contributed by atoms with Gasteiger partial charge < -0.3 is 4.74 Å². The van der Waals surface area contributed by atoms with Gasteiger partial charge >= 0.3 is 5.69 Å². The molecule has 2 N–H and O–H groups in total. The van der Waals surface area contributed by atoms with Gasteiger partial charge in [0.25, 0.3) is 5.56 Å². The highest BCUT2D eigenvalue weighted by atomic mass is 32.2. The van der Waals surface area contributed by atoms with Crippen LogP contribution < -0.4 is 20.7 Å². The van der Waals surface area contributed by atoms with Crippen LogP contribution in [0.5, 0.6) is 5.75 Å². The predicted molar refractivity (Wildman–Crippen MR) is 137 cm³/mol. The first kappa shape index (κ1) is 24.9. The van der Waals surface area contributed by atoms with Gasteiger partial charge in [0.05, 0.1) is 19.1 Å². The molecular weight excluding hydrogens is 466 g/mol. The molecule has 0 bridgehead atoms. The Balaban J connectivity index is 1.85. The Kier molecular flexibility index (Phi) is 6.50. The summed E-state index contributed by atoms with van der Waals surface area (Å²) in [5, 5.41) is 0. The number of hydrogen-bond donors (Lipinski definition) is 2. The summed E-state index contributed by atoms with van der Waals surface area (Å²) in [7, 11) is -1.61. The van der Waals surface area contributed by atoms with E-state index in [0.717, 1.165) is 40.8 Å². The lowest BCUT2D eigenvalue weighted by molar-refractivity contribution is 0.399. The second-order valence-electron chi connectivity index (χ2n) is 10.1. The average molecular weight is 498 g/mol. The molecule has 1 aliphatic rings. The number of rotatable bonds is 6. The third-order valence-electron chi connectivity index (χ3n) is 6.44. The third-order valence-corrected chi connectivity index (χ3v) is 7.13. The highest BCUT2D eigenvalue weighted by Crippen LogP contribution is 2.43. The maximum Gasteiger partial charge on any atom is 0.332 e. The van der Waals surface area contributed by atoms with Crippen molar-refractivity contribution in [3.63, 3.8) is 0 Å². The Hall–Kier alpha value is -3.17. The van der Waals surface area contributed by atoms with E-state index in [2.05, 4.69) is 42.6 Å². The van der Waals surface area contributed by atoms with Gasteiger partial charge in [0.15, 0.2) is 0 Å². The zero-order chi connectivity index (χ0) is 25.5. The van der Waals surface area contributed by atoms with Gasteiger partial charge in [-0.3, -0.25) is 14.3 Å². The summed E-state index contributed by atoms with van der Waals surface area (Å²) in [4.78, 5) is 26.5. The maximum absolute atomic E-state index is 12.6. The summed E-state index contributed by atoms with van der Waals surface area (Å²) in [5.41, 5.74) is 4.43. The van der Waals surface area contributed by atoms with Crippen LogP contribution >= 0.6 is 0 Å². The molecule has 0 saturated carbocycles. The standard InChI is InChI=1S/C26H31N3O5S/c1-26(2,3)22-14-19(29-11-10-23(30)28-25(29)31)13-21(24(22)34-4)17-8-9-20-16(12-17)6-7-18(20)15-27-35(5,32)33/h8-14,18,27H,6-7,15H2,1-5H3,(H,28,30,31)/t18-/m0/s1. The summed E-state index contributed by atoms with van der Waals surface area (Å²) in [6.07, 6.45) is 4.37. The lowest BCUT2D eigenvalue weighted by Crippen LogP contribution is -2.27. The molecule has 8 nitrogen and oxygen atoms in total. The molecular formula is C26H31N3O5S. The van der Waals surface area contributed by atoms with Crippen molar-refractivity contribution < 1.29 is 13.2 Å². The number of methoxy groups -OCH3 is 1. The van der Waals surface area contributed by atoms with Crippen LogP contribution in [0.4, 0.5) is 0 Å². The van der Waals surface area contributed by atoms with E-state index in [4.69, 9.17) is 4.74 Å². The molecule has 1 heterocycles. The topological polar surface area (TPSA) is 110 Å². The summed E-state index contributed by atoms with van der Waals surface area (Å²) in [5.74, 6) is 0.860. The number of H-pyrrole nitrogens is 1. The minimum absolute atomic E-state index is 0.131. The molecule has 0 spiro atoms. The van der Waals surface area contributed by atoms with Crippen molar-refractivity contribution in [1.82, 2.24) is 14.3 Å². The average Bonchev–Trinajstić information content (AvgIpc) is 3.18. The number of sulfonamides is 1. The zero-order valence-electron chi connectivity index (χ0n) is 20.6. The quantitative estimate of drug-likeness (QED) is 0.544. The molecule has 3 aromatic rings. The molecule has 0 saturated heterocycles. The van der Waals surface area contributed by atoms with Crippen LogP contribution in [0.25, 0.3) is 16.8 Å². The van der Waals surface area contributed by atoms with Gasteiger partial charge in [0.2, 0.25) is 10.0 Å². The van der Waals surface area contributed by atoms with Crippen molar-refractivity contribution in [2.45, 2.75) is 44.9 Å². The summed E-state index contributed by atoms with van der Waals surface area (Å²) < 4.78 is 33.0. The first-order chi connectivity index (χ1) is 16.4. The largest absolute Gasteiger partial charge is 0.496 e. The Labute approximate surface area is 205 Å².